The number of fused-ring (bicyclic) bond motifs is 1. The summed E-state index contributed by atoms with van der Waals surface area (Å²) in [5.74, 6) is 1.56. The first-order chi connectivity index (χ1) is 17.0. The van der Waals surface area contributed by atoms with E-state index in [0.717, 1.165) is 43.4 Å². The quantitative estimate of drug-likeness (QED) is 0.435. The van der Waals surface area contributed by atoms with Crippen LogP contribution in [0.4, 0.5) is 10.7 Å². The topological polar surface area (TPSA) is 122 Å². The number of carbonyl (C=O) groups is 2. The molecule has 0 spiro atoms. The summed E-state index contributed by atoms with van der Waals surface area (Å²) in [5.41, 5.74) is 3.25. The number of rotatable bonds is 8. The molecule has 6 rings (SSSR count). The molecule has 0 aliphatic heterocycles. The van der Waals surface area contributed by atoms with Crippen molar-refractivity contribution >= 4 is 33.8 Å². The van der Waals surface area contributed by atoms with Gasteiger partial charge in [-0.3, -0.25) is 9.59 Å². The number of nitrogens with one attached hydrogen (secondary N) is 3. The lowest BCUT2D eigenvalue weighted by atomic mass is 9.91. The molecule has 2 saturated carbocycles. The number of thiophene rings is 1. The maximum absolute atomic E-state index is 13.2. The summed E-state index contributed by atoms with van der Waals surface area (Å²) in [6, 6.07) is 3.98. The number of amides is 2. The van der Waals surface area contributed by atoms with Crippen molar-refractivity contribution in [3.63, 3.8) is 0 Å². The Balaban J connectivity index is 1.19. The van der Waals surface area contributed by atoms with Crippen molar-refractivity contribution in [3.05, 3.63) is 40.2 Å². The average Bonchev–Trinajstić information content (AvgIpc) is 3.78. The van der Waals surface area contributed by atoms with Crippen LogP contribution in [0, 0.1) is 18.8 Å². The minimum atomic E-state index is -0.0676. The van der Waals surface area contributed by atoms with Gasteiger partial charge in [-0.2, -0.15) is 0 Å². The number of hydrogen-bond acceptors (Lipinski definition) is 8. The van der Waals surface area contributed by atoms with Crippen LogP contribution in [0.15, 0.2) is 22.7 Å². The van der Waals surface area contributed by atoms with Crippen LogP contribution in [0.2, 0.25) is 0 Å². The van der Waals surface area contributed by atoms with Gasteiger partial charge < -0.3 is 20.4 Å². The summed E-state index contributed by atoms with van der Waals surface area (Å²) in [4.78, 5) is 31.4. The molecule has 182 valence electrons. The van der Waals surface area contributed by atoms with Crippen LogP contribution in [-0.4, -0.2) is 39.6 Å². The fourth-order valence-corrected chi connectivity index (χ4v) is 5.73. The van der Waals surface area contributed by atoms with E-state index in [1.807, 2.05) is 12.1 Å². The van der Waals surface area contributed by atoms with E-state index < -0.39 is 0 Å². The van der Waals surface area contributed by atoms with Crippen LogP contribution < -0.4 is 16.0 Å². The average molecular weight is 493 g/mol. The molecule has 3 N–H and O–H groups in total. The van der Waals surface area contributed by atoms with Gasteiger partial charge in [-0.1, -0.05) is 0 Å². The van der Waals surface area contributed by atoms with E-state index in [9.17, 15) is 9.59 Å². The van der Waals surface area contributed by atoms with Gasteiger partial charge in [0.2, 0.25) is 11.8 Å². The van der Waals surface area contributed by atoms with E-state index >= 15 is 0 Å². The molecule has 3 aromatic heterocycles. The highest BCUT2D eigenvalue weighted by Crippen LogP contribution is 2.40. The Morgan fingerprint density at radius 1 is 1.14 bits per heavy atom. The van der Waals surface area contributed by atoms with Gasteiger partial charge in [-0.15, -0.1) is 21.5 Å². The zero-order valence-corrected chi connectivity index (χ0v) is 20.4. The molecule has 3 aliphatic carbocycles. The van der Waals surface area contributed by atoms with Gasteiger partial charge in [-0.25, -0.2) is 4.98 Å². The van der Waals surface area contributed by atoms with Crippen molar-refractivity contribution in [2.75, 3.05) is 17.2 Å². The van der Waals surface area contributed by atoms with Crippen LogP contribution in [0.3, 0.4) is 0 Å². The molecule has 3 heterocycles. The highest BCUT2D eigenvalue weighted by atomic mass is 32.1. The molecule has 9 nitrogen and oxygen atoms in total. The molecule has 3 aliphatic rings. The standard InChI is InChI=1S/C25H28N6O3S/c1-13-30-31-24(34-13)19-8-6-17(12-26-19)28-16-7-9-20-18(10-16)21(23(33)27-11-14-2-3-14)25(35-20)29-22(32)15-4-5-15/h6,8,12,14-16,28H,2-5,7,9-11H2,1H3,(H,27,33)(H,29,32)/t16-/m0/s1. The summed E-state index contributed by atoms with van der Waals surface area (Å²) in [7, 11) is 0. The number of aryl methyl sites for hydroxylation is 2. The number of anilines is 2. The van der Waals surface area contributed by atoms with E-state index in [0.29, 0.717) is 40.5 Å². The summed E-state index contributed by atoms with van der Waals surface area (Å²) >= 11 is 1.57. The lowest BCUT2D eigenvalue weighted by Gasteiger charge is -2.25. The molecular weight excluding hydrogens is 464 g/mol. The van der Waals surface area contributed by atoms with Gasteiger partial charge in [-0.05, 0) is 68.6 Å². The summed E-state index contributed by atoms with van der Waals surface area (Å²) in [5, 5.41) is 18.3. The molecule has 3 aromatic rings. The van der Waals surface area contributed by atoms with E-state index in [1.54, 1.807) is 24.5 Å². The second-order valence-electron chi connectivity index (χ2n) is 9.77. The zero-order chi connectivity index (χ0) is 23.9. The van der Waals surface area contributed by atoms with Crippen LogP contribution in [-0.2, 0) is 17.6 Å². The van der Waals surface area contributed by atoms with Gasteiger partial charge in [0.15, 0.2) is 0 Å². The fourth-order valence-electron chi connectivity index (χ4n) is 4.48. The Hall–Kier alpha value is -3.27. The summed E-state index contributed by atoms with van der Waals surface area (Å²) < 4.78 is 5.45. The largest absolute Gasteiger partial charge is 0.420 e. The number of hydrogen-bond donors (Lipinski definition) is 3. The van der Waals surface area contributed by atoms with Crippen molar-refractivity contribution in [3.8, 4) is 11.6 Å². The Kier molecular flexibility index (Phi) is 5.75. The smallest absolute Gasteiger partial charge is 0.266 e. The van der Waals surface area contributed by atoms with Gasteiger partial charge in [0.25, 0.3) is 11.8 Å². The van der Waals surface area contributed by atoms with E-state index in [-0.39, 0.29) is 23.8 Å². The third kappa shape index (κ3) is 4.93. The highest BCUT2D eigenvalue weighted by molar-refractivity contribution is 7.17. The van der Waals surface area contributed by atoms with Crippen LogP contribution in [0.5, 0.6) is 0 Å². The van der Waals surface area contributed by atoms with Crippen LogP contribution >= 0.6 is 11.3 Å². The van der Waals surface area contributed by atoms with Crippen molar-refractivity contribution in [2.45, 2.75) is 57.9 Å². The normalized spacial score (nSPS) is 19.2. The number of pyridine rings is 1. The first-order valence-electron chi connectivity index (χ1n) is 12.3. The minimum absolute atomic E-state index is 0.0390. The third-order valence-corrected chi connectivity index (χ3v) is 8.01. The molecule has 0 bridgehead atoms. The van der Waals surface area contributed by atoms with Crippen molar-refractivity contribution < 1.29 is 14.0 Å². The minimum Gasteiger partial charge on any atom is -0.420 e. The Morgan fingerprint density at radius 3 is 2.69 bits per heavy atom. The molecule has 2 fully saturated rings. The van der Waals surface area contributed by atoms with Crippen LogP contribution in [0.25, 0.3) is 11.6 Å². The summed E-state index contributed by atoms with van der Waals surface area (Å²) in [6.07, 6.45) is 8.53. The molecule has 0 radical (unpaired) electrons. The highest BCUT2D eigenvalue weighted by Gasteiger charge is 2.34. The van der Waals surface area contributed by atoms with E-state index in [1.165, 1.54) is 17.7 Å². The SMILES string of the molecule is Cc1nnc(-c2ccc(N[C@H]3CCc4sc(NC(=O)C5CC5)c(C(=O)NCC5CC5)c4C3)cn2)o1. The second-order valence-corrected chi connectivity index (χ2v) is 10.9. The van der Waals surface area contributed by atoms with E-state index in [4.69, 9.17) is 4.42 Å². The van der Waals surface area contributed by atoms with Gasteiger partial charge in [0.1, 0.15) is 10.7 Å². The lowest BCUT2D eigenvalue weighted by Crippen LogP contribution is -2.31. The number of carbonyl (C=O) groups excluding carboxylic acids is 2. The van der Waals surface area contributed by atoms with Crippen molar-refractivity contribution in [1.29, 1.82) is 0 Å². The predicted molar refractivity (Wildman–Crippen MR) is 132 cm³/mol. The van der Waals surface area contributed by atoms with Gasteiger partial charge in [0, 0.05) is 30.3 Å². The molecule has 0 aromatic carbocycles. The lowest BCUT2D eigenvalue weighted by molar-refractivity contribution is -0.117. The summed E-state index contributed by atoms with van der Waals surface area (Å²) in [6.45, 7) is 2.45. The van der Waals surface area contributed by atoms with Crippen molar-refractivity contribution in [1.82, 2.24) is 20.5 Å². The molecule has 2 amide bonds. The van der Waals surface area contributed by atoms with Crippen molar-refractivity contribution in [2.24, 2.45) is 11.8 Å². The second kappa shape index (κ2) is 9.07. The fraction of sp³-hybridized carbons (Fsp3) is 0.480. The molecule has 35 heavy (non-hydrogen) atoms. The zero-order valence-electron chi connectivity index (χ0n) is 19.6. The third-order valence-electron chi connectivity index (χ3n) is 6.80. The monoisotopic (exact) mass is 492 g/mol. The van der Waals surface area contributed by atoms with Gasteiger partial charge >= 0.3 is 0 Å². The first kappa shape index (κ1) is 22.2. The maximum Gasteiger partial charge on any atom is 0.266 e. The number of nitrogens with zero attached hydrogens (tertiary/aromatic N) is 3. The Morgan fingerprint density at radius 2 is 2.00 bits per heavy atom. The van der Waals surface area contributed by atoms with Crippen LogP contribution in [0.1, 0.15) is 58.8 Å². The van der Waals surface area contributed by atoms with E-state index in [2.05, 4.69) is 31.1 Å². The number of aromatic nitrogens is 3. The molecule has 0 unspecified atom stereocenters. The Labute approximate surface area is 207 Å². The molecule has 0 saturated heterocycles. The molecule has 10 heteroatoms. The maximum atomic E-state index is 13.2. The first-order valence-corrected chi connectivity index (χ1v) is 13.1. The predicted octanol–water partition coefficient (Wildman–Crippen LogP) is 3.96. The molecular formula is C25H28N6O3S. The van der Waals surface area contributed by atoms with Gasteiger partial charge in [0.05, 0.1) is 17.4 Å². The molecule has 1 atom stereocenters. The Bertz CT molecular complexity index is 1260.